The van der Waals surface area contributed by atoms with Crippen LogP contribution in [0.15, 0.2) is 71.8 Å². The zero-order valence-electron chi connectivity index (χ0n) is 41.3. The van der Waals surface area contributed by atoms with Crippen molar-refractivity contribution in [3.63, 3.8) is 0 Å². The largest absolute Gasteiger partial charge is 0.456 e. The van der Waals surface area contributed by atoms with Gasteiger partial charge in [-0.05, 0) is 81.6 Å². The van der Waals surface area contributed by atoms with Crippen LogP contribution in [-0.4, -0.2) is 114 Å². The van der Waals surface area contributed by atoms with Gasteiger partial charge in [0.05, 0.1) is 35.6 Å². The Morgan fingerprint density at radius 1 is 0.882 bits per heavy atom. The van der Waals surface area contributed by atoms with Crippen LogP contribution < -0.4 is 5.32 Å². The average molecular weight is 964 g/mol. The number of alkyl carbamates (subject to hydrolysis) is 1. The standard InChI is InChI=1S/C51H69NO15Si/c1-13-68(14-2,15-3)67-35-26-36-50(28-61-36,65-31(6)54)41-43(64-44(57)33-24-20-17-21-25-33)51(60)27-34(29(4)37(48(51,10)11)40(62-30(5)53)42(56)49(35,41)12)63-45(58)39(55)38(32-22-18-16-19-23-32)52-46(59)66-47(7,8)9/h16-25,34-36,38-41,43,55,60H,13-15,26-28H2,1-12H3,(H,52,59)/t34-,35-,36+,38-,39+,40+,41-,43-,49+,50-,51+/m0/s1. The van der Waals surface area contributed by atoms with Gasteiger partial charge in [-0.15, -0.1) is 0 Å². The Labute approximate surface area is 399 Å². The number of rotatable bonds is 14. The van der Waals surface area contributed by atoms with Crippen LogP contribution in [0.1, 0.15) is 118 Å². The molecule has 0 radical (unpaired) electrons. The third kappa shape index (κ3) is 9.40. The molecule has 2 aromatic carbocycles. The van der Waals surface area contributed by atoms with Gasteiger partial charge in [-0.25, -0.2) is 14.4 Å². The monoisotopic (exact) mass is 963 g/mol. The molecule has 1 aliphatic heterocycles. The van der Waals surface area contributed by atoms with E-state index in [2.05, 4.69) is 5.32 Å². The minimum atomic E-state index is -2.64. The van der Waals surface area contributed by atoms with Gasteiger partial charge in [-0.1, -0.05) is 83.1 Å². The van der Waals surface area contributed by atoms with Crippen LogP contribution >= 0.6 is 0 Å². The highest BCUT2D eigenvalue weighted by atomic mass is 28.4. The van der Waals surface area contributed by atoms with E-state index in [-0.39, 0.29) is 29.7 Å². The Bertz CT molecular complexity index is 2270. The highest BCUT2D eigenvalue weighted by Crippen LogP contribution is 2.65. The van der Waals surface area contributed by atoms with Crippen LogP contribution in [0.3, 0.4) is 0 Å². The Morgan fingerprint density at radius 3 is 1.99 bits per heavy atom. The highest BCUT2D eigenvalue weighted by Gasteiger charge is 2.79. The predicted octanol–water partition coefficient (Wildman–Crippen LogP) is 6.86. The Kier molecular flexibility index (Phi) is 15.0. The molecule has 0 unspecified atom stereocenters. The van der Waals surface area contributed by atoms with Gasteiger partial charge in [-0.3, -0.25) is 14.4 Å². The number of aliphatic hydroxyl groups is 2. The molecule has 3 fully saturated rings. The zero-order chi connectivity index (χ0) is 50.4. The lowest BCUT2D eigenvalue weighted by atomic mass is 9.44. The second kappa shape index (κ2) is 19.5. The van der Waals surface area contributed by atoms with E-state index < -0.39 is 127 Å². The minimum Gasteiger partial charge on any atom is -0.456 e. The van der Waals surface area contributed by atoms with E-state index in [9.17, 15) is 34.2 Å². The van der Waals surface area contributed by atoms with Gasteiger partial charge in [-0.2, -0.15) is 0 Å². The summed E-state index contributed by atoms with van der Waals surface area (Å²) in [5.74, 6) is -5.77. The normalized spacial score (nSPS) is 30.6. The van der Waals surface area contributed by atoms with Crippen molar-refractivity contribution in [3.05, 3.63) is 82.9 Å². The first-order valence-corrected chi connectivity index (χ1v) is 26.1. The molecule has 1 amide bonds. The number of fused-ring (bicyclic) bond motifs is 5. The van der Waals surface area contributed by atoms with Crippen molar-refractivity contribution in [2.24, 2.45) is 16.7 Å². The molecule has 6 rings (SSSR count). The van der Waals surface area contributed by atoms with Gasteiger partial charge < -0.3 is 48.4 Å². The van der Waals surface area contributed by atoms with E-state index in [4.69, 9.17) is 32.8 Å². The molecule has 0 spiro atoms. The van der Waals surface area contributed by atoms with Crippen LogP contribution in [0.4, 0.5) is 4.79 Å². The van der Waals surface area contributed by atoms with Crippen molar-refractivity contribution >= 4 is 44.1 Å². The average Bonchev–Trinajstić information content (AvgIpc) is 3.27. The summed E-state index contributed by atoms with van der Waals surface area (Å²) in [4.78, 5) is 85.3. The fourth-order valence-electron chi connectivity index (χ4n) is 11.3. The summed E-state index contributed by atoms with van der Waals surface area (Å²) >= 11 is 0. The smallest absolute Gasteiger partial charge is 0.408 e. The first-order chi connectivity index (χ1) is 31.8. The molecule has 16 nitrogen and oxygen atoms in total. The second-order valence-corrected chi connectivity index (χ2v) is 25.2. The molecule has 3 N–H and O–H groups in total. The lowest BCUT2D eigenvalue weighted by molar-refractivity contribution is -0.344. The molecular weight excluding hydrogens is 895 g/mol. The summed E-state index contributed by atoms with van der Waals surface area (Å²) in [5, 5.41) is 28.5. The number of aliphatic hydroxyl groups excluding tert-OH is 1. The predicted molar refractivity (Wildman–Crippen MR) is 249 cm³/mol. The van der Waals surface area contributed by atoms with Gasteiger partial charge in [0, 0.05) is 32.1 Å². The molecule has 2 bridgehead atoms. The van der Waals surface area contributed by atoms with E-state index in [1.54, 1.807) is 97.0 Å². The van der Waals surface area contributed by atoms with E-state index in [1.807, 2.05) is 20.8 Å². The SMILES string of the molecule is CC[Si](CC)(CC)O[C@H]1C[C@H]2OC[C@@]2(OC(C)=O)[C@H]2[C@H](OC(=O)c3ccccc3)[C@]3(O)C[C@H](OC(=O)[C@H](O)[C@@H](NC(=O)OC(C)(C)C)c4ccccc4)C(C)=C([C@@H](OC(C)=O)C(=O)[C@]12C)C3(C)C. The number of hydrogen-bond donors (Lipinski definition) is 3. The van der Waals surface area contributed by atoms with Crippen LogP contribution in [-0.2, 0) is 52.0 Å². The molecule has 372 valence electrons. The molecule has 1 heterocycles. The quantitative estimate of drug-likeness (QED) is 0.0762. The van der Waals surface area contributed by atoms with Gasteiger partial charge in [0.2, 0.25) is 0 Å². The lowest BCUT2D eigenvalue weighted by Gasteiger charge is -2.68. The maximum absolute atomic E-state index is 16.3. The second-order valence-electron chi connectivity index (χ2n) is 20.5. The summed E-state index contributed by atoms with van der Waals surface area (Å²) in [7, 11) is -2.64. The topological polar surface area (TPSA) is 220 Å². The van der Waals surface area contributed by atoms with E-state index >= 15 is 4.79 Å². The van der Waals surface area contributed by atoms with Crippen molar-refractivity contribution in [1.82, 2.24) is 5.32 Å². The van der Waals surface area contributed by atoms with Crippen LogP contribution in [0.2, 0.25) is 18.1 Å². The van der Waals surface area contributed by atoms with Gasteiger partial charge in [0.25, 0.3) is 0 Å². The number of amides is 1. The van der Waals surface area contributed by atoms with Crippen LogP contribution in [0.25, 0.3) is 0 Å². The molecule has 2 saturated carbocycles. The van der Waals surface area contributed by atoms with E-state index in [1.165, 1.54) is 19.1 Å². The molecular formula is C51H69NO15Si. The number of ether oxygens (including phenoxy) is 6. The summed E-state index contributed by atoms with van der Waals surface area (Å²) in [6, 6.07) is 17.0. The minimum absolute atomic E-state index is 0.0721. The molecule has 4 aliphatic rings. The fraction of sp³-hybridized carbons (Fsp3) is 0.608. The van der Waals surface area contributed by atoms with Crippen LogP contribution in [0, 0.1) is 16.7 Å². The number of ketones is 1. The maximum atomic E-state index is 16.3. The number of esters is 4. The maximum Gasteiger partial charge on any atom is 0.408 e. The Morgan fingerprint density at radius 2 is 1.47 bits per heavy atom. The number of carbonyl (C=O) groups is 6. The molecule has 11 atom stereocenters. The molecule has 1 saturated heterocycles. The summed E-state index contributed by atoms with van der Waals surface area (Å²) in [6.07, 6.45) is -10.3. The zero-order valence-corrected chi connectivity index (χ0v) is 42.3. The number of carbonyl (C=O) groups excluding carboxylic acids is 6. The highest BCUT2D eigenvalue weighted by molar-refractivity contribution is 6.73. The number of Topliss-reactive ketones (excluding diaryl/α,β-unsaturated/α-hetero) is 1. The molecule has 0 aromatic heterocycles. The van der Waals surface area contributed by atoms with Crippen molar-refractivity contribution in [2.75, 3.05) is 6.61 Å². The van der Waals surface area contributed by atoms with Gasteiger partial charge >= 0.3 is 30.0 Å². The van der Waals surface area contributed by atoms with Crippen molar-refractivity contribution in [3.8, 4) is 0 Å². The summed E-state index contributed by atoms with van der Waals surface area (Å²) in [5.41, 5.74) is -7.73. The van der Waals surface area contributed by atoms with Crippen LogP contribution in [0.5, 0.6) is 0 Å². The first kappa shape index (κ1) is 52.4. The van der Waals surface area contributed by atoms with Gasteiger partial charge in [0.1, 0.15) is 29.5 Å². The third-order valence-corrected chi connectivity index (χ3v) is 19.8. The third-order valence-electron chi connectivity index (χ3n) is 15.1. The summed E-state index contributed by atoms with van der Waals surface area (Å²) in [6.45, 7) is 19.7. The Balaban J connectivity index is 1.60. The van der Waals surface area contributed by atoms with Gasteiger partial charge in [0.15, 0.2) is 31.9 Å². The fourth-order valence-corrected chi connectivity index (χ4v) is 14.2. The number of hydrogen-bond acceptors (Lipinski definition) is 15. The molecule has 2 aromatic rings. The molecule has 68 heavy (non-hydrogen) atoms. The summed E-state index contributed by atoms with van der Waals surface area (Å²) < 4.78 is 44.3. The molecule has 17 heteroatoms. The van der Waals surface area contributed by atoms with E-state index in [0.717, 1.165) is 6.92 Å². The van der Waals surface area contributed by atoms with Crippen molar-refractivity contribution in [2.45, 2.75) is 174 Å². The van der Waals surface area contributed by atoms with Crippen molar-refractivity contribution in [1.29, 1.82) is 0 Å². The number of benzene rings is 2. The molecule has 3 aliphatic carbocycles. The van der Waals surface area contributed by atoms with E-state index in [0.29, 0.717) is 23.7 Å². The van der Waals surface area contributed by atoms with Crippen molar-refractivity contribution < 1.29 is 71.8 Å². The Hall–Kier alpha value is -4.94. The number of nitrogens with one attached hydrogen (secondary N) is 1. The first-order valence-electron chi connectivity index (χ1n) is 23.6. The lowest BCUT2D eigenvalue weighted by Crippen LogP contribution is -2.82.